The molecule has 1 aromatic carbocycles. The molecule has 1 aromatic rings. The van der Waals surface area contributed by atoms with Crippen LogP contribution in [0.2, 0.25) is 0 Å². The standard InChI is InChI=1S/C18H24O2.C3H8O2/c1-18-9-8-14-13-5-3-12(19)10-11(13)2-4-15(14)16(18)6-7-17(18)20;1-3(5)2-4/h3,5,10,14-17,19-20H,2,4,6-9H2,1H3;3-5H,2H2,1H3/t14-,15-,16+,17?,18+;/m1./s1. The summed E-state index contributed by atoms with van der Waals surface area (Å²) >= 11 is 0. The van der Waals surface area contributed by atoms with E-state index < -0.39 is 6.10 Å². The predicted molar refractivity (Wildman–Crippen MR) is 97.5 cm³/mol. The summed E-state index contributed by atoms with van der Waals surface area (Å²) < 4.78 is 0. The van der Waals surface area contributed by atoms with Crippen LogP contribution in [-0.2, 0) is 6.42 Å². The van der Waals surface area contributed by atoms with Gasteiger partial charge >= 0.3 is 0 Å². The van der Waals surface area contributed by atoms with Crippen molar-refractivity contribution in [3.63, 3.8) is 0 Å². The van der Waals surface area contributed by atoms with Crippen molar-refractivity contribution >= 4 is 0 Å². The third-order valence-electron chi connectivity index (χ3n) is 6.92. The molecule has 0 heterocycles. The fourth-order valence-corrected chi connectivity index (χ4v) is 5.54. The van der Waals surface area contributed by atoms with Crippen molar-refractivity contribution in [1.29, 1.82) is 0 Å². The average Bonchev–Trinajstić information content (AvgIpc) is 2.90. The minimum Gasteiger partial charge on any atom is -0.508 e. The summed E-state index contributed by atoms with van der Waals surface area (Å²) in [7, 11) is 0. The molecular formula is C21H32O4. The zero-order chi connectivity index (χ0) is 18.2. The van der Waals surface area contributed by atoms with Gasteiger partial charge in [0.15, 0.2) is 0 Å². The lowest BCUT2D eigenvalue weighted by Gasteiger charge is -2.50. The second kappa shape index (κ2) is 7.26. The fraction of sp³-hybridized carbons (Fsp3) is 0.714. The summed E-state index contributed by atoms with van der Waals surface area (Å²) in [5.41, 5.74) is 2.99. The lowest BCUT2D eigenvalue weighted by molar-refractivity contribution is -0.0226. The van der Waals surface area contributed by atoms with Crippen molar-refractivity contribution in [1.82, 2.24) is 0 Å². The Morgan fingerprint density at radius 2 is 1.92 bits per heavy atom. The maximum atomic E-state index is 10.4. The maximum Gasteiger partial charge on any atom is 0.115 e. The van der Waals surface area contributed by atoms with E-state index in [1.807, 2.05) is 12.1 Å². The number of phenols is 1. The largest absolute Gasteiger partial charge is 0.508 e. The van der Waals surface area contributed by atoms with Crippen LogP contribution in [0.3, 0.4) is 0 Å². The van der Waals surface area contributed by atoms with E-state index in [-0.39, 0.29) is 18.1 Å². The highest BCUT2D eigenvalue weighted by atomic mass is 16.3. The highest BCUT2D eigenvalue weighted by Crippen LogP contribution is 2.60. The Balaban J connectivity index is 0.000000324. The minimum atomic E-state index is -0.560. The molecule has 4 N–H and O–H groups in total. The van der Waals surface area contributed by atoms with Crippen molar-refractivity contribution < 1.29 is 20.4 Å². The van der Waals surface area contributed by atoms with Crippen LogP contribution in [0.1, 0.15) is 63.0 Å². The van der Waals surface area contributed by atoms with E-state index in [4.69, 9.17) is 10.2 Å². The van der Waals surface area contributed by atoms with Crippen LogP contribution in [0.4, 0.5) is 0 Å². The lowest BCUT2D eigenvalue weighted by Crippen LogP contribution is -2.43. The number of hydrogen-bond acceptors (Lipinski definition) is 4. The number of rotatable bonds is 1. The lowest BCUT2D eigenvalue weighted by atomic mass is 9.55. The molecule has 0 aliphatic heterocycles. The van der Waals surface area contributed by atoms with Gasteiger partial charge in [-0.2, -0.15) is 0 Å². The molecule has 4 heteroatoms. The number of aliphatic hydroxyl groups excluding tert-OH is 3. The van der Waals surface area contributed by atoms with Crippen LogP contribution in [0.5, 0.6) is 5.75 Å². The highest BCUT2D eigenvalue weighted by Gasteiger charge is 2.54. The first kappa shape index (κ1) is 18.7. The number of aliphatic hydroxyl groups is 3. The van der Waals surface area contributed by atoms with Gasteiger partial charge in [0.2, 0.25) is 0 Å². The molecule has 2 fully saturated rings. The Kier molecular flexibility index (Phi) is 5.42. The number of benzene rings is 1. The molecule has 0 bridgehead atoms. The van der Waals surface area contributed by atoms with E-state index >= 15 is 0 Å². The van der Waals surface area contributed by atoms with Crippen LogP contribution in [-0.4, -0.2) is 39.2 Å². The number of fused-ring (bicyclic) bond motifs is 5. The van der Waals surface area contributed by atoms with Crippen molar-refractivity contribution in [2.24, 2.45) is 17.3 Å². The maximum absolute atomic E-state index is 10.4. The van der Waals surface area contributed by atoms with Crippen LogP contribution in [0, 0.1) is 17.3 Å². The quantitative estimate of drug-likeness (QED) is 0.629. The normalized spacial score (nSPS) is 37.2. The molecule has 0 radical (unpaired) electrons. The Labute approximate surface area is 150 Å². The Morgan fingerprint density at radius 1 is 1.20 bits per heavy atom. The number of hydrogen-bond donors (Lipinski definition) is 4. The summed E-state index contributed by atoms with van der Waals surface area (Å²) in [5, 5.41) is 36.1. The molecule has 0 spiro atoms. The minimum absolute atomic E-state index is 0.0883. The van der Waals surface area contributed by atoms with Crippen molar-refractivity contribution in [3.8, 4) is 5.75 Å². The molecule has 3 aliphatic carbocycles. The summed E-state index contributed by atoms with van der Waals surface area (Å²) in [6.45, 7) is 3.71. The fourth-order valence-electron chi connectivity index (χ4n) is 5.54. The van der Waals surface area contributed by atoms with E-state index in [1.54, 1.807) is 0 Å². The van der Waals surface area contributed by atoms with E-state index in [9.17, 15) is 10.2 Å². The molecule has 0 aromatic heterocycles. The third-order valence-corrected chi connectivity index (χ3v) is 6.92. The van der Waals surface area contributed by atoms with Gasteiger partial charge in [-0.15, -0.1) is 0 Å². The van der Waals surface area contributed by atoms with Gasteiger partial charge in [-0.3, -0.25) is 0 Å². The predicted octanol–water partition coefficient (Wildman–Crippen LogP) is 2.97. The summed E-state index contributed by atoms with van der Waals surface area (Å²) in [5.74, 6) is 2.49. The molecule has 0 amide bonds. The van der Waals surface area contributed by atoms with Gasteiger partial charge < -0.3 is 20.4 Å². The van der Waals surface area contributed by atoms with Gasteiger partial charge in [0, 0.05) is 0 Å². The van der Waals surface area contributed by atoms with E-state index in [0.29, 0.717) is 17.6 Å². The topological polar surface area (TPSA) is 80.9 Å². The Hall–Kier alpha value is -1.10. The third kappa shape index (κ3) is 3.44. The first-order valence-electron chi connectivity index (χ1n) is 9.65. The number of aryl methyl sites for hydroxylation is 1. The van der Waals surface area contributed by atoms with E-state index in [1.165, 1.54) is 37.3 Å². The van der Waals surface area contributed by atoms with Crippen molar-refractivity contribution in [2.75, 3.05) is 6.61 Å². The van der Waals surface area contributed by atoms with Crippen LogP contribution in [0.25, 0.3) is 0 Å². The van der Waals surface area contributed by atoms with Crippen molar-refractivity contribution in [2.45, 2.75) is 70.5 Å². The highest BCUT2D eigenvalue weighted by molar-refractivity contribution is 5.40. The summed E-state index contributed by atoms with van der Waals surface area (Å²) in [4.78, 5) is 0. The zero-order valence-electron chi connectivity index (χ0n) is 15.4. The second-order valence-electron chi connectivity index (χ2n) is 8.47. The smallest absolute Gasteiger partial charge is 0.115 e. The van der Waals surface area contributed by atoms with Crippen LogP contribution >= 0.6 is 0 Å². The average molecular weight is 348 g/mol. The molecule has 3 aliphatic rings. The first-order chi connectivity index (χ1) is 11.9. The molecule has 25 heavy (non-hydrogen) atoms. The SMILES string of the molecule is CC(O)CO.C[C@]12CC[C@@H]3c4ccc(O)cc4CC[C@H]3[C@@H]1CCC2O. The Morgan fingerprint density at radius 3 is 2.60 bits per heavy atom. The first-order valence-corrected chi connectivity index (χ1v) is 9.65. The molecule has 4 rings (SSSR count). The molecule has 140 valence electrons. The monoisotopic (exact) mass is 348 g/mol. The zero-order valence-corrected chi connectivity index (χ0v) is 15.4. The molecule has 2 unspecified atom stereocenters. The van der Waals surface area contributed by atoms with E-state index in [0.717, 1.165) is 25.2 Å². The van der Waals surface area contributed by atoms with Gasteiger partial charge in [0.1, 0.15) is 5.75 Å². The van der Waals surface area contributed by atoms with Gasteiger partial charge in [-0.25, -0.2) is 0 Å². The molecule has 2 saturated carbocycles. The van der Waals surface area contributed by atoms with Crippen molar-refractivity contribution in [3.05, 3.63) is 29.3 Å². The second-order valence-corrected chi connectivity index (χ2v) is 8.47. The van der Waals surface area contributed by atoms with Gasteiger partial charge in [-0.05, 0) is 91.9 Å². The Bertz CT molecular complexity index is 600. The van der Waals surface area contributed by atoms with Gasteiger partial charge in [-0.1, -0.05) is 13.0 Å². The number of aromatic hydroxyl groups is 1. The summed E-state index contributed by atoms with van der Waals surface area (Å²) in [6, 6.07) is 5.96. The van der Waals surface area contributed by atoms with Crippen LogP contribution in [0.15, 0.2) is 18.2 Å². The molecular weight excluding hydrogens is 316 g/mol. The summed E-state index contributed by atoms with van der Waals surface area (Å²) in [6.07, 6.45) is 6.22. The number of phenolic OH excluding ortho intramolecular Hbond substituents is 1. The van der Waals surface area contributed by atoms with E-state index in [2.05, 4.69) is 13.0 Å². The van der Waals surface area contributed by atoms with Gasteiger partial charge in [0.25, 0.3) is 0 Å². The van der Waals surface area contributed by atoms with Gasteiger partial charge in [0.05, 0.1) is 18.8 Å². The molecule has 4 nitrogen and oxygen atoms in total. The molecule has 6 atom stereocenters. The van der Waals surface area contributed by atoms with Crippen LogP contribution < -0.4 is 0 Å². The molecule has 0 saturated heterocycles.